The van der Waals surface area contributed by atoms with E-state index in [0.717, 1.165) is 16.5 Å². The van der Waals surface area contributed by atoms with Gasteiger partial charge in [0, 0.05) is 35.4 Å². The lowest BCUT2D eigenvalue weighted by Crippen LogP contribution is -2.23. The predicted octanol–water partition coefficient (Wildman–Crippen LogP) is 3.19. The lowest BCUT2D eigenvalue weighted by atomic mass is 10.2. The molecule has 0 atom stereocenters. The van der Waals surface area contributed by atoms with Crippen molar-refractivity contribution in [2.24, 2.45) is 0 Å². The second-order valence-corrected chi connectivity index (χ2v) is 4.90. The number of halogens is 1. The summed E-state index contributed by atoms with van der Waals surface area (Å²) in [4.78, 5) is 0. The third-order valence-electron chi connectivity index (χ3n) is 3.15. The topological polar surface area (TPSA) is 43.6 Å². The van der Waals surface area contributed by atoms with Crippen molar-refractivity contribution in [1.29, 1.82) is 0 Å². The second kappa shape index (κ2) is 7.09. The molecule has 20 heavy (non-hydrogen) atoms. The van der Waals surface area contributed by atoms with Crippen molar-refractivity contribution < 1.29 is 14.6 Å². The lowest BCUT2D eigenvalue weighted by molar-refractivity contribution is -0.143. The minimum Gasteiger partial charge on any atom is -0.392 e. The number of rotatable bonds is 7. The molecule has 0 saturated carbocycles. The summed E-state index contributed by atoms with van der Waals surface area (Å²) in [6, 6.07) is 5.65. The van der Waals surface area contributed by atoms with Gasteiger partial charge in [-0.25, -0.2) is 0 Å². The minimum atomic E-state index is -0.300. The van der Waals surface area contributed by atoms with E-state index in [9.17, 15) is 5.11 Å². The van der Waals surface area contributed by atoms with E-state index in [-0.39, 0.29) is 12.9 Å². The normalized spacial score (nSPS) is 11.7. The summed E-state index contributed by atoms with van der Waals surface area (Å²) >= 11 is 6.06. The molecule has 0 spiro atoms. The van der Waals surface area contributed by atoms with Gasteiger partial charge in [-0.15, -0.1) is 0 Å². The van der Waals surface area contributed by atoms with E-state index in [1.807, 2.05) is 42.8 Å². The number of hydrogen-bond acceptors (Lipinski definition) is 3. The number of aliphatic hydroxyl groups is 1. The average Bonchev–Trinajstić information content (AvgIpc) is 2.77. The zero-order valence-electron chi connectivity index (χ0n) is 11.8. The Morgan fingerprint density at radius 2 is 1.95 bits per heavy atom. The molecule has 0 aliphatic rings. The Labute approximate surface area is 123 Å². The number of hydrogen-bond donors (Lipinski definition) is 1. The summed E-state index contributed by atoms with van der Waals surface area (Å²) < 4.78 is 13.2. The van der Waals surface area contributed by atoms with Gasteiger partial charge in [0.25, 0.3) is 0 Å². The first-order valence-electron chi connectivity index (χ1n) is 6.80. The monoisotopic (exact) mass is 297 g/mol. The molecule has 1 N–H and O–H groups in total. The molecule has 0 bridgehead atoms. The number of fused-ring (bicyclic) bond motifs is 1. The molecule has 0 fully saturated rings. The van der Waals surface area contributed by atoms with Gasteiger partial charge < -0.3 is 19.1 Å². The maximum absolute atomic E-state index is 9.45. The number of ether oxygens (including phenoxy) is 2. The molecule has 0 aliphatic heterocycles. The van der Waals surface area contributed by atoms with Crippen LogP contribution in [0.15, 0.2) is 24.4 Å². The van der Waals surface area contributed by atoms with Crippen molar-refractivity contribution in [3.05, 3.63) is 35.0 Å². The van der Waals surface area contributed by atoms with Crippen LogP contribution in [-0.4, -0.2) is 29.2 Å². The summed E-state index contributed by atoms with van der Waals surface area (Å²) in [6.07, 6.45) is 1.62. The summed E-state index contributed by atoms with van der Waals surface area (Å²) in [7, 11) is 0. The molecule has 0 aliphatic carbocycles. The highest BCUT2D eigenvalue weighted by molar-refractivity contribution is 6.31. The van der Waals surface area contributed by atoms with Crippen LogP contribution < -0.4 is 0 Å². The molecule has 0 radical (unpaired) electrons. The van der Waals surface area contributed by atoms with E-state index in [2.05, 4.69) is 0 Å². The Morgan fingerprint density at radius 3 is 2.55 bits per heavy atom. The number of nitrogens with zero attached hydrogens (tertiary/aromatic N) is 1. The fraction of sp³-hybridized carbons (Fsp3) is 0.467. The van der Waals surface area contributed by atoms with Crippen molar-refractivity contribution in [2.45, 2.75) is 33.3 Å². The Hall–Kier alpha value is -1.07. The Morgan fingerprint density at radius 1 is 1.25 bits per heavy atom. The number of benzene rings is 1. The Kier molecular flexibility index (Phi) is 5.43. The smallest absolute Gasteiger partial charge is 0.175 e. The van der Waals surface area contributed by atoms with Crippen LogP contribution >= 0.6 is 11.6 Å². The van der Waals surface area contributed by atoms with Gasteiger partial charge in [0.15, 0.2) is 6.29 Å². The minimum absolute atomic E-state index is 0.000924. The number of aliphatic hydroxyl groups excluding tert-OH is 1. The highest BCUT2D eigenvalue weighted by atomic mass is 35.5. The van der Waals surface area contributed by atoms with Gasteiger partial charge in [-0.2, -0.15) is 0 Å². The standard InChI is InChI=1S/C15H20ClNO3/c1-3-19-15(20-4-2)9-17-8-11(10-18)13-6-5-12(16)7-14(13)17/h5-8,15,18H,3-4,9-10H2,1-2H3. The second-order valence-electron chi connectivity index (χ2n) is 4.47. The van der Waals surface area contributed by atoms with Crippen LogP contribution in [-0.2, 0) is 22.6 Å². The highest BCUT2D eigenvalue weighted by Crippen LogP contribution is 2.25. The van der Waals surface area contributed by atoms with Gasteiger partial charge in [0.1, 0.15) is 0 Å². The van der Waals surface area contributed by atoms with Crippen molar-refractivity contribution in [3.8, 4) is 0 Å². The molecular formula is C15H20ClNO3. The molecule has 4 nitrogen and oxygen atoms in total. The third kappa shape index (κ3) is 3.33. The van der Waals surface area contributed by atoms with E-state index in [4.69, 9.17) is 21.1 Å². The zero-order chi connectivity index (χ0) is 14.5. The predicted molar refractivity (Wildman–Crippen MR) is 79.9 cm³/mol. The molecular weight excluding hydrogens is 278 g/mol. The first-order valence-corrected chi connectivity index (χ1v) is 7.18. The molecule has 110 valence electrons. The maximum atomic E-state index is 9.45. The van der Waals surface area contributed by atoms with Crippen molar-refractivity contribution in [3.63, 3.8) is 0 Å². The van der Waals surface area contributed by atoms with E-state index in [0.29, 0.717) is 24.8 Å². The van der Waals surface area contributed by atoms with Gasteiger partial charge >= 0.3 is 0 Å². The molecule has 2 rings (SSSR count). The molecule has 1 heterocycles. The van der Waals surface area contributed by atoms with Gasteiger partial charge in [0.05, 0.1) is 18.7 Å². The lowest BCUT2D eigenvalue weighted by Gasteiger charge is -2.18. The van der Waals surface area contributed by atoms with E-state index >= 15 is 0 Å². The SMILES string of the molecule is CCOC(Cn1cc(CO)c2ccc(Cl)cc21)OCC. The van der Waals surface area contributed by atoms with Crippen molar-refractivity contribution in [1.82, 2.24) is 4.57 Å². The van der Waals surface area contributed by atoms with Gasteiger partial charge in [-0.3, -0.25) is 0 Å². The zero-order valence-corrected chi connectivity index (χ0v) is 12.6. The summed E-state index contributed by atoms with van der Waals surface area (Å²) in [5.74, 6) is 0. The van der Waals surface area contributed by atoms with E-state index < -0.39 is 0 Å². The molecule has 1 aromatic carbocycles. The molecule has 0 unspecified atom stereocenters. The van der Waals surface area contributed by atoms with Gasteiger partial charge in [-0.05, 0) is 26.0 Å². The van der Waals surface area contributed by atoms with Crippen LogP contribution in [0.4, 0.5) is 0 Å². The van der Waals surface area contributed by atoms with E-state index in [1.165, 1.54) is 0 Å². The van der Waals surface area contributed by atoms with Crippen LogP contribution in [0.5, 0.6) is 0 Å². The maximum Gasteiger partial charge on any atom is 0.175 e. The molecule has 1 aromatic heterocycles. The van der Waals surface area contributed by atoms with Gasteiger partial charge in [0.2, 0.25) is 0 Å². The highest BCUT2D eigenvalue weighted by Gasteiger charge is 2.13. The molecule has 2 aromatic rings. The van der Waals surface area contributed by atoms with Crippen LogP contribution in [0.3, 0.4) is 0 Å². The van der Waals surface area contributed by atoms with E-state index in [1.54, 1.807) is 0 Å². The quantitative estimate of drug-likeness (QED) is 0.798. The van der Waals surface area contributed by atoms with Crippen LogP contribution in [0.1, 0.15) is 19.4 Å². The summed E-state index contributed by atoms with van der Waals surface area (Å²) in [5.41, 5.74) is 1.86. The fourth-order valence-electron chi connectivity index (χ4n) is 2.30. The van der Waals surface area contributed by atoms with Crippen LogP contribution in [0, 0.1) is 0 Å². The summed E-state index contributed by atoms with van der Waals surface area (Å²) in [5, 5.41) is 11.1. The van der Waals surface area contributed by atoms with Gasteiger partial charge in [-0.1, -0.05) is 17.7 Å². The Balaban J connectivity index is 2.34. The fourth-order valence-corrected chi connectivity index (χ4v) is 2.47. The summed E-state index contributed by atoms with van der Waals surface area (Å²) in [6.45, 7) is 5.64. The molecule has 0 saturated heterocycles. The third-order valence-corrected chi connectivity index (χ3v) is 3.38. The average molecular weight is 298 g/mol. The Bertz CT molecular complexity index is 561. The molecule has 0 amide bonds. The van der Waals surface area contributed by atoms with Crippen LogP contribution in [0.25, 0.3) is 10.9 Å². The number of aromatic nitrogens is 1. The largest absolute Gasteiger partial charge is 0.392 e. The molecule has 5 heteroatoms. The first-order chi connectivity index (χ1) is 9.69. The van der Waals surface area contributed by atoms with Crippen molar-refractivity contribution in [2.75, 3.05) is 13.2 Å². The van der Waals surface area contributed by atoms with Crippen LogP contribution in [0.2, 0.25) is 5.02 Å². The van der Waals surface area contributed by atoms with Crippen molar-refractivity contribution >= 4 is 22.5 Å². The first kappa shape index (κ1) is 15.3.